The van der Waals surface area contributed by atoms with Crippen molar-refractivity contribution in [2.24, 2.45) is 7.05 Å². The predicted octanol–water partition coefficient (Wildman–Crippen LogP) is 4.11. The Hall–Kier alpha value is -5.46. The molecular weight excluding hydrogens is 530 g/mol. The van der Waals surface area contributed by atoms with E-state index in [1.54, 1.807) is 48.7 Å². The van der Waals surface area contributed by atoms with E-state index in [9.17, 15) is 14.4 Å². The van der Waals surface area contributed by atoms with Crippen LogP contribution in [-0.2, 0) is 27.9 Å². The molecule has 0 radical (unpaired) electrons. The molecule has 2 amide bonds. The van der Waals surface area contributed by atoms with Crippen LogP contribution in [0.15, 0.2) is 65.3 Å². The maximum atomic E-state index is 13.5. The largest absolute Gasteiger partial charge is 0.469 e. The highest BCUT2D eigenvalue weighted by Crippen LogP contribution is 2.27. The summed E-state index contributed by atoms with van der Waals surface area (Å²) in [6.45, 7) is 0.496. The second kappa shape index (κ2) is 11.7. The van der Waals surface area contributed by atoms with Crippen molar-refractivity contribution >= 4 is 57.3 Å². The number of imidazole rings is 1. The molecular formula is C28H27N7O6. The van der Waals surface area contributed by atoms with Gasteiger partial charge in [-0.25, -0.2) is 14.8 Å². The number of nitrogens with one attached hydrogen (secondary N) is 2. The first-order valence-corrected chi connectivity index (χ1v) is 12.6. The summed E-state index contributed by atoms with van der Waals surface area (Å²) in [5.41, 5.74) is 3.16. The number of hydrogen-bond acceptors (Lipinski definition) is 10. The first kappa shape index (κ1) is 27.1. The summed E-state index contributed by atoms with van der Waals surface area (Å²) in [6.07, 6.45) is 0.968. The Kier molecular flexibility index (Phi) is 7.76. The molecule has 2 N–H and O–H groups in total. The molecule has 2 aromatic carbocycles. The van der Waals surface area contributed by atoms with Crippen LogP contribution in [0.1, 0.15) is 22.6 Å². The van der Waals surface area contributed by atoms with Gasteiger partial charge in [-0.1, -0.05) is 11.2 Å². The summed E-state index contributed by atoms with van der Waals surface area (Å²) in [5.74, 6) is 0.688. The van der Waals surface area contributed by atoms with Crippen LogP contribution < -0.4 is 15.5 Å². The number of amides is 2. The number of hydrogen-bond donors (Lipinski definition) is 2. The average Bonchev–Trinajstić information content (AvgIpc) is 3.55. The molecule has 5 rings (SSSR count). The van der Waals surface area contributed by atoms with Crippen molar-refractivity contribution in [2.45, 2.75) is 13.0 Å². The number of aromatic nitrogens is 4. The number of nitrogens with zero attached hydrogens (tertiary/aromatic N) is 5. The normalized spacial score (nSPS) is 10.9. The number of carbonyl (C=O) groups excluding carboxylic acids is 3. The number of esters is 1. The van der Waals surface area contributed by atoms with Gasteiger partial charge in [0.05, 0.1) is 43.6 Å². The molecule has 13 heteroatoms. The van der Waals surface area contributed by atoms with Gasteiger partial charge in [0.2, 0.25) is 0 Å². The molecule has 0 unspecified atom stereocenters. The Morgan fingerprint density at radius 2 is 1.90 bits per heavy atom. The van der Waals surface area contributed by atoms with Crippen molar-refractivity contribution in [3.63, 3.8) is 0 Å². The van der Waals surface area contributed by atoms with Crippen LogP contribution in [0.5, 0.6) is 0 Å². The summed E-state index contributed by atoms with van der Waals surface area (Å²) < 4.78 is 16.6. The predicted molar refractivity (Wildman–Crippen MR) is 151 cm³/mol. The monoisotopic (exact) mass is 557 g/mol. The van der Waals surface area contributed by atoms with Gasteiger partial charge < -0.3 is 23.9 Å². The third-order valence-electron chi connectivity index (χ3n) is 6.49. The number of ether oxygens (including phenoxy) is 2. The molecule has 41 heavy (non-hydrogen) atoms. The maximum Gasteiger partial charge on any atom is 0.412 e. The summed E-state index contributed by atoms with van der Waals surface area (Å²) in [6, 6.07) is 15.9. The number of benzene rings is 2. The van der Waals surface area contributed by atoms with Gasteiger partial charge in [0.1, 0.15) is 11.6 Å². The number of anilines is 3. The van der Waals surface area contributed by atoms with E-state index < -0.39 is 12.1 Å². The Labute approximate surface area is 234 Å². The quantitative estimate of drug-likeness (QED) is 0.253. The van der Waals surface area contributed by atoms with E-state index >= 15 is 0 Å². The first-order chi connectivity index (χ1) is 19.9. The minimum absolute atomic E-state index is 0.0291. The molecule has 0 aliphatic heterocycles. The third kappa shape index (κ3) is 5.78. The van der Waals surface area contributed by atoms with Crippen LogP contribution in [0, 0.1) is 0 Å². The van der Waals surface area contributed by atoms with Crippen LogP contribution >= 0.6 is 0 Å². The van der Waals surface area contributed by atoms with E-state index in [0.717, 1.165) is 17.0 Å². The molecule has 0 fully saturated rings. The van der Waals surface area contributed by atoms with Crippen LogP contribution in [0.4, 0.5) is 22.1 Å². The smallest absolute Gasteiger partial charge is 0.412 e. The van der Waals surface area contributed by atoms with E-state index in [1.807, 2.05) is 23.7 Å². The third-order valence-corrected chi connectivity index (χ3v) is 6.49. The summed E-state index contributed by atoms with van der Waals surface area (Å²) in [7, 11) is 4.47. The highest BCUT2D eigenvalue weighted by Gasteiger charge is 2.21. The molecule has 0 saturated heterocycles. The lowest BCUT2D eigenvalue weighted by Crippen LogP contribution is -2.33. The topological polar surface area (TPSA) is 154 Å². The molecule has 0 atom stereocenters. The fourth-order valence-corrected chi connectivity index (χ4v) is 4.30. The van der Waals surface area contributed by atoms with Crippen molar-refractivity contribution in [2.75, 3.05) is 36.3 Å². The lowest BCUT2D eigenvalue weighted by molar-refractivity contribution is -0.140. The summed E-state index contributed by atoms with van der Waals surface area (Å²) >= 11 is 0. The minimum Gasteiger partial charge on any atom is -0.469 e. The van der Waals surface area contributed by atoms with E-state index in [0.29, 0.717) is 34.4 Å². The van der Waals surface area contributed by atoms with E-state index in [2.05, 4.69) is 25.5 Å². The second-order valence-electron chi connectivity index (χ2n) is 8.97. The van der Waals surface area contributed by atoms with Crippen LogP contribution in [0.3, 0.4) is 0 Å². The van der Waals surface area contributed by atoms with Gasteiger partial charge in [-0.15, -0.1) is 0 Å². The molecule has 0 saturated carbocycles. The molecule has 3 heterocycles. The summed E-state index contributed by atoms with van der Waals surface area (Å²) in [4.78, 5) is 47.4. The highest BCUT2D eigenvalue weighted by atomic mass is 16.5. The second-order valence-corrected chi connectivity index (χ2v) is 8.97. The Bertz CT molecular complexity index is 1730. The zero-order chi connectivity index (χ0) is 28.9. The molecule has 0 aliphatic rings. The van der Waals surface area contributed by atoms with E-state index in [1.165, 1.54) is 19.1 Å². The summed E-state index contributed by atoms with van der Waals surface area (Å²) in [5, 5.41) is 10.3. The number of methoxy groups -OCH3 is 2. The first-order valence-electron chi connectivity index (χ1n) is 12.6. The minimum atomic E-state index is -0.650. The number of fused-ring (bicyclic) bond motifs is 2. The van der Waals surface area contributed by atoms with E-state index in [-0.39, 0.29) is 24.7 Å². The van der Waals surface area contributed by atoms with Gasteiger partial charge in [0, 0.05) is 31.0 Å². The van der Waals surface area contributed by atoms with Gasteiger partial charge >= 0.3 is 12.1 Å². The number of aryl methyl sites for hydroxylation is 1. The fraction of sp³-hybridized carbons (Fsp3) is 0.214. The molecule has 0 bridgehead atoms. The molecule has 5 aromatic rings. The lowest BCUT2D eigenvalue weighted by atomic mass is 10.1. The van der Waals surface area contributed by atoms with Crippen LogP contribution in [0.25, 0.3) is 22.0 Å². The van der Waals surface area contributed by atoms with Gasteiger partial charge in [-0.3, -0.25) is 19.8 Å². The fourth-order valence-electron chi connectivity index (χ4n) is 4.30. The highest BCUT2D eigenvalue weighted by molar-refractivity contribution is 6.07. The van der Waals surface area contributed by atoms with Gasteiger partial charge in [0.15, 0.2) is 11.4 Å². The molecule has 3 aromatic heterocycles. The molecule has 210 valence electrons. The molecule has 0 aliphatic carbocycles. The van der Waals surface area contributed by atoms with Gasteiger partial charge in [0.25, 0.3) is 5.91 Å². The average molecular weight is 558 g/mol. The number of pyridine rings is 1. The Morgan fingerprint density at radius 1 is 1.05 bits per heavy atom. The van der Waals surface area contributed by atoms with Crippen LogP contribution in [0.2, 0.25) is 0 Å². The standard InChI is InChI=1S/C28H27N7O6/c1-34-21-9-7-17(27(37)35(13-11-25(36)39-2)23-6-4-5-12-29-23)14-20(21)31-24(34)16-30-18-8-10-22-19(15-18)26(33-41-22)32-28(38)40-3/h4-10,12,14-15,30H,11,13,16H2,1-3H3,(H,32,33,38). The van der Waals surface area contributed by atoms with Crippen LogP contribution in [-0.4, -0.2) is 58.4 Å². The Morgan fingerprint density at radius 3 is 2.66 bits per heavy atom. The zero-order valence-corrected chi connectivity index (χ0v) is 22.6. The van der Waals surface area contributed by atoms with Crippen molar-refractivity contribution < 1.29 is 28.4 Å². The number of rotatable bonds is 9. The maximum absolute atomic E-state index is 13.5. The van der Waals surface area contributed by atoms with Crippen molar-refractivity contribution in [3.8, 4) is 0 Å². The SMILES string of the molecule is COC(=O)CCN(C(=O)c1ccc2c(c1)nc(CNc1ccc3onc(NC(=O)OC)c3c1)n2C)c1ccccn1. The van der Waals surface area contributed by atoms with Crippen molar-refractivity contribution in [1.82, 2.24) is 19.7 Å². The van der Waals surface area contributed by atoms with E-state index in [4.69, 9.17) is 14.2 Å². The molecule has 13 nitrogen and oxygen atoms in total. The van der Waals surface area contributed by atoms with Crippen molar-refractivity contribution in [1.29, 1.82) is 0 Å². The van der Waals surface area contributed by atoms with Crippen molar-refractivity contribution in [3.05, 3.63) is 72.2 Å². The Balaban J connectivity index is 1.36. The zero-order valence-electron chi connectivity index (χ0n) is 22.6. The lowest BCUT2D eigenvalue weighted by Gasteiger charge is -2.21. The van der Waals surface area contributed by atoms with Gasteiger partial charge in [-0.2, -0.15) is 0 Å². The molecule has 0 spiro atoms. The van der Waals surface area contributed by atoms with Gasteiger partial charge in [-0.05, 0) is 48.5 Å². The number of carbonyl (C=O) groups is 3.